The Labute approximate surface area is 122 Å². The van der Waals surface area contributed by atoms with Crippen LogP contribution < -0.4 is 4.74 Å². The van der Waals surface area contributed by atoms with Gasteiger partial charge >= 0.3 is 0 Å². The van der Waals surface area contributed by atoms with Crippen LogP contribution >= 0.6 is 11.3 Å². The van der Waals surface area contributed by atoms with E-state index in [0.29, 0.717) is 0 Å². The van der Waals surface area contributed by atoms with E-state index in [1.54, 1.807) is 25.4 Å². The van der Waals surface area contributed by atoms with Gasteiger partial charge in [-0.25, -0.2) is 0 Å². The number of hydrogen-bond acceptors (Lipinski definition) is 4. The molecule has 1 aromatic heterocycles. The van der Waals surface area contributed by atoms with Crippen molar-refractivity contribution in [2.75, 3.05) is 7.11 Å². The zero-order chi connectivity index (χ0) is 14.7. The molecule has 0 spiro atoms. The Morgan fingerprint density at radius 2 is 1.85 bits per heavy atom. The van der Waals surface area contributed by atoms with Gasteiger partial charge < -0.3 is 4.74 Å². The molecule has 0 radical (unpaired) electrons. The van der Waals surface area contributed by atoms with Gasteiger partial charge in [-0.2, -0.15) is 0 Å². The smallest absolute Gasteiger partial charge is 0.221 e. The maximum Gasteiger partial charge on any atom is 0.221 e. The molecule has 2 atom stereocenters. The quantitative estimate of drug-likeness (QED) is 0.621. The van der Waals surface area contributed by atoms with Crippen LogP contribution in [0.2, 0.25) is 0 Å². The Bertz CT molecular complexity index is 591. The number of thiophene rings is 1. The van der Waals surface area contributed by atoms with Crippen LogP contribution in [-0.2, 0) is 0 Å². The van der Waals surface area contributed by atoms with Crippen molar-refractivity contribution in [2.45, 2.75) is 25.8 Å². The van der Waals surface area contributed by atoms with Crippen LogP contribution in [0.1, 0.15) is 28.2 Å². The summed E-state index contributed by atoms with van der Waals surface area (Å²) in [5.41, 5.74) is 0.942. The van der Waals surface area contributed by atoms with Gasteiger partial charge in [-0.05, 0) is 36.8 Å². The van der Waals surface area contributed by atoms with Crippen molar-refractivity contribution in [1.82, 2.24) is 0 Å². The lowest BCUT2D eigenvalue weighted by molar-refractivity contribution is -0.520. The van der Waals surface area contributed by atoms with E-state index in [4.69, 9.17) is 4.74 Å². The second kappa shape index (κ2) is 6.05. The molecule has 0 bridgehead atoms. The van der Waals surface area contributed by atoms with Crippen molar-refractivity contribution in [3.63, 3.8) is 0 Å². The summed E-state index contributed by atoms with van der Waals surface area (Å²) >= 11 is 1.61. The molecule has 106 valence electrons. The standard InChI is InChI=1S/C15H17NO3S/c1-10-4-9-14(20-10)15(11(2)16(17)18)12-5-7-13(19-3)8-6-12/h4-9,11,15H,1-3H3/t11-,15-/m1/s1. The summed E-state index contributed by atoms with van der Waals surface area (Å²) in [6.45, 7) is 3.67. The second-order valence-electron chi connectivity index (χ2n) is 4.73. The van der Waals surface area contributed by atoms with E-state index in [0.717, 1.165) is 21.1 Å². The van der Waals surface area contributed by atoms with Crippen LogP contribution in [0.5, 0.6) is 5.75 Å². The summed E-state index contributed by atoms with van der Waals surface area (Å²) in [5, 5.41) is 11.2. The summed E-state index contributed by atoms with van der Waals surface area (Å²) in [7, 11) is 1.61. The molecule has 0 aliphatic carbocycles. The highest BCUT2D eigenvalue weighted by atomic mass is 32.1. The van der Waals surface area contributed by atoms with Gasteiger partial charge in [-0.15, -0.1) is 11.3 Å². The van der Waals surface area contributed by atoms with Gasteiger partial charge in [0.05, 0.1) is 13.0 Å². The Kier molecular flexibility index (Phi) is 4.39. The van der Waals surface area contributed by atoms with Gasteiger partial charge in [0.15, 0.2) is 0 Å². The van der Waals surface area contributed by atoms with Gasteiger partial charge in [-0.1, -0.05) is 12.1 Å². The van der Waals surface area contributed by atoms with E-state index >= 15 is 0 Å². The molecule has 20 heavy (non-hydrogen) atoms. The molecule has 5 heteroatoms. The molecule has 1 aromatic carbocycles. The molecule has 0 aliphatic rings. The first-order valence-corrected chi connectivity index (χ1v) is 7.18. The number of nitrogens with zero attached hydrogens (tertiary/aromatic N) is 1. The third-order valence-electron chi connectivity index (χ3n) is 3.36. The Morgan fingerprint density at radius 3 is 2.30 bits per heavy atom. The number of aryl methyl sites for hydroxylation is 1. The minimum atomic E-state index is -0.665. The lowest BCUT2D eigenvalue weighted by atomic mass is 9.91. The van der Waals surface area contributed by atoms with Crippen molar-refractivity contribution < 1.29 is 9.66 Å². The van der Waals surface area contributed by atoms with E-state index in [1.807, 2.05) is 43.3 Å². The van der Waals surface area contributed by atoms with Gasteiger partial charge in [0.1, 0.15) is 5.75 Å². The number of benzene rings is 1. The first-order valence-electron chi connectivity index (χ1n) is 6.36. The molecule has 0 N–H and O–H groups in total. The van der Waals surface area contributed by atoms with Gasteiger partial charge in [0, 0.05) is 21.6 Å². The van der Waals surface area contributed by atoms with E-state index in [2.05, 4.69) is 0 Å². The van der Waals surface area contributed by atoms with E-state index in [-0.39, 0.29) is 10.8 Å². The Balaban J connectivity index is 2.42. The number of methoxy groups -OCH3 is 1. The minimum Gasteiger partial charge on any atom is -0.497 e. The Morgan fingerprint density at radius 1 is 1.20 bits per heavy atom. The molecule has 0 amide bonds. The van der Waals surface area contributed by atoms with Crippen LogP contribution in [0.3, 0.4) is 0 Å². The molecule has 2 aromatic rings. The molecule has 0 saturated carbocycles. The van der Waals surface area contributed by atoms with Gasteiger partial charge in [-0.3, -0.25) is 10.1 Å². The van der Waals surface area contributed by atoms with E-state index in [9.17, 15) is 10.1 Å². The van der Waals surface area contributed by atoms with Crippen LogP contribution in [0, 0.1) is 17.0 Å². The summed E-state index contributed by atoms with van der Waals surface area (Å²) in [4.78, 5) is 13.2. The maximum atomic E-state index is 11.2. The van der Waals surface area contributed by atoms with Crippen molar-refractivity contribution in [2.24, 2.45) is 0 Å². The minimum absolute atomic E-state index is 0.218. The fourth-order valence-electron chi connectivity index (χ4n) is 2.23. The second-order valence-corrected chi connectivity index (χ2v) is 6.04. The lowest BCUT2D eigenvalue weighted by Crippen LogP contribution is -2.24. The van der Waals surface area contributed by atoms with Gasteiger partial charge in [0.25, 0.3) is 0 Å². The molecule has 0 saturated heterocycles. The fraction of sp³-hybridized carbons (Fsp3) is 0.333. The molecular weight excluding hydrogens is 274 g/mol. The average molecular weight is 291 g/mol. The lowest BCUT2D eigenvalue weighted by Gasteiger charge is -2.17. The van der Waals surface area contributed by atoms with Crippen LogP contribution in [-0.4, -0.2) is 18.1 Å². The summed E-state index contributed by atoms with van der Waals surface area (Å²) < 4.78 is 5.14. The summed E-state index contributed by atoms with van der Waals surface area (Å²) in [6.07, 6.45) is 0. The third-order valence-corrected chi connectivity index (χ3v) is 4.44. The van der Waals surface area contributed by atoms with E-state index < -0.39 is 6.04 Å². The zero-order valence-electron chi connectivity index (χ0n) is 11.7. The molecule has 4 nitrogen and oxygen atoms in total. The van der Waals surface area contributed by atoms with Crippen LogP contribution in [0.15, 0.2) is 36.4 Å². The number of hydrogen-bond donors (Lipinski definition) is 0. The highest BCUT2D eigenvalue weighted by Gasteiger charge is 2.30. The van der Waals surface area contributed by atoms with E-state index in [1.165, 1.54) is 0 Å². The predicted octanol–water partition coefficient (Wildman–Crippen LogP) is 3.86. The molecular formula is C15H17NO3S. The first-order chi connectivity index (χ1) is 9.52. The van der Waals surface area contributed by atoms with Crippen LogP contribution in [0.25, 0.3) is 0 Å². The highest BCUT2D eigenvalue weighted by Crippen LogP contribution is 2.34. The van der Waals surface area contributed by atoms with Gasteiger partial charge in [0.2, 0.25) is 6.04 Å². The third kappa shape index (κ3) is 2.99. The fourth-order valence-corrected chi connectivity index (χ4v) is 3.34. The van der Waals surface area contributed by atoms with Crippen molar-refractivity contribution in [1.29, 1.82) is 0 Å². The first kappa shape index (κ1) is 14.5. The normalized spacial score (nSPS) is 13.8. The van der Waals surface area contributed by atoms with Crippen molar-refractivity contribution in [3.05, 3.63) is 61.8 Å². The summed E-state index contributed by atoms with van der Waals surface area (Å²) in [6, 6.07) is 10.8. The van der Waals surface area contributed by atoms with Crippen molar-refractivity contribution >= 4 is 11.3 Å². The molecule has 0 aliphatic heterocycles. The van der Waals surface area contributed by atoms with Crippen LogP contribution in [0.4, 0.5) is 0 Å². The molecule has 0 unspecified atom stereocenters. The van der Waals surface area contributed by atoms with Crippen molar-refractivity contribution in [3.8, 4) is 5.75 Å². The highest BCUT2D eigenvalue weighted by molar-refractivity contribution is 7.12. The molecule has 2 rings (SSSR count). The topological polar surface area (TPSA) is 52.4 Å². The monoisotopic (exact) mass is 291 g/mol. The largest absolute Gasteiger partial charge is 0.497 e. The molecule has 0 fully saturated rings. The average Bonchev–Trinajstić information content (AvgIpc) is 2.86. The number of nitro groups is 1. The Hall–Kier alpha value is -1.88. The number of ether oxygens (including phenoxy) is 1. The zero-order valence-corrected chi connectivity index (χ0v) is 12.5. The maximum absolute atomic E-state index is 11.2. The molecule has 1 heterocycles. The number of rotatable bonds is 5. The predicted molar refractivity (Wildman–Crippen MR) is 80.3 cm³/mol. The summed E-state index contributed by atoms with van der Waals surface area (Å²) in [5.74, 6) is 0.526. The SMILES string of the molecule is COc1ccc([C@H](c2ccc(C)s2)[C@@H](C)[N+](=O)[O-])cc1.